The van der Waals surface area contributed by atoms with Gasteiger partial charge < -0.3 is 5.32 Å². The molecule has 0 unspecified atom stereocenters. The van der Waals surface area contributed by atoms with Gasteiger partial charge >= 0.3 is 5.69 Å². The van der Waals surface area contributed by atoms with Crippen LogP contribution in [0.25, 0.3) is 22.2 Å². The van der Waals surface area contributed by atoms with Crippen LogP contribution >= 0.6 is 0 Å². The fraction of sp³-hybridized carbons (Fsp3) is 0.174. The van der Waals surface area contributed by atoms with Crippen LogP contribution in [0.1, 0.15) is 12.5 Å². The minimum Gasteiger partial charge on any atom is -0.354 e. The highest BCUT2D eigenvalue weighted by Crippen LogP contribution is 2.33. The third-order valence-corrected chi connectivity index (χ3v) is 5.20. The average molecular weight is 386 g/mol. The van der Waals surface area contributed by atoms with Gasteiger partial charge in [-0.25, -0.2) is 9.78 Å². The van der Waals surface area contributed by atoms with Crippen LogP contribution in [0.15, 0.2) is 70.4 Å². The molecule has 0 bridgehead atoms. The number of pyridine rings is 1. The number of aryl methyl sites for hydroxylation is 2. The molecule has 0 amide bonds. The molecule has 2 aromatic heterocycles. The zero-order valence-electron chi connectivity index (χ0n) is 16.6. The van der Waals surface area contributed by atoms with E-state index in [1.54, 1.807) is 13.2 Å². The molecular formula is C23H22N4O2. The van der Waals surface area contributed by atoms with E-state index in [0.29, 0.717) is 23.1 Å². The molecule has 1 N–H and O–H groups in total. The maximum absolute atomic E-state index is 13.0. The number of anilines is 2. The summed E-state index contributed by atoms with van der Waals surface area (Å²) in [5.74, 6) is 0. The molecule has 2 aromatic carbocycles. The predicted molar refractivity (Wildman–Crippen MR) is 117 cm³/mol. The molecule has 0 saturated carbocycles. The lowest BCUT2D eigenvalue weighted by atomic mass is 10.0. The Balaban J connectivity index is 1.99. The van der Waals surface area contributed by atoms with E-state index in [1.807, 2.05) is 49.4 Å². The fourth-order valence-corrected chi connectivity index (χ4v) is 3.57. The van der Waals surface area contributed by atoms with Crippen LogP contribution in [0.4, 0.5) is 11.4 Å². The highest BCUT2D eigenvalue weighted by Gasteiger charge is 2.17. The molecule has 4 aromatic rings. The topological polar surface area (TPSA) is 68.9 Å². The average Bonchev–Trinajstić information content (AvgIpc) is 2.77. The van der Waals surface area contributed by atoms with Gasteiger partial charge in [0, 0.05) is 31.5 Å². The predicted octanol–water partition coefficient (Wildman–Crippen LogP) is 3.61. The monoisotopic (exact) mass is 386 g/mol. The highest BCUT2D eigenvalue weighted by molar-refractivity contribution is 5.94. The second-order valence-corrected chi connectivity index (χ2v) is 6.95. The minimum atomic E-state index is -0.394. The third-order valence-electron chi connectivity index (χ3n) is 5.20. The summed E-state index contributed by atoms with van der Waals surface area (Å²) in [7, 11) is 3.12. The van der Waals surface area contributed by atoms with Crippen molar-refractivity contribution in [2.24, 2.45) is 14.1 Å². The van der Waals surface area contributed by atoms with Crippen LogP contribution in [0, 0.1) is 0 Å². The molecule has 0 fully saturated rings. The van der Waals surface area contributed by atoms with E-state index in [9.17, 15) is 9.59 Å². The summed E-state index contributed by atoms with van der Waals surface area (Å²) >= 11 is 0. The molecule has 2 heterocycles. The van der Waals surface area contributed by atoms with Crippen molar-refractivity contribution in [2.75, 3.05) is 5.32 Å². The van der Waals surface area contributed by atoms with Gasteiger partial charge in [-0.05, 0) is 23.6 Å². The molecule has 146 valence electrons. The molecule has 0 radical (unpaired) electrons. The zero-order valence-corrected chi connectivity index (χ0v) is 16.6. The summed E-state index contributed by atoms with van der Waals surface area (Å²) in [6.07, 6.45) is 2.43. The second-order valence-electron chi connectivity index (χ2n) is 6.95. The first-order valence-electron chi connectivity index (χ1n) is 9.52. The number of hydrogen-bond acceptors (Lipinski definition) is 4. The minimum absolute atomic E-state index is 0.356. The fourth-order valence-electron chi connectivity index (χ4n) is 3.57. The van der Waals surface area contributed by atoms with Crippen molar-refractivity contribution in [1.82, 2.24) is 14.1 Å². The molecule has 4 rings (SSSR count). The number of fused-ring (bicyclic) bond motifs is 1. The standard InChI is InChI=1S/C23H22N4O2/c1-4-15-14-24-21-19(22(28)27(3)23(29)26(21)2)20(15)25-18-13-9-8-12-17(18)16-10-6-5-7-11-16/h5-14H,4H2,1-3H3,(H,24,25). The van der Waals surface area contributed by atoms with Crippen LogP contribution < -0.4 is 16.6 Å². The first-order chi connectivity index (χ1) is 14.0. The number of nitrogens with one attached hydrogen (secondary N) is 1. The van der Waals surface area contributed by atoms with Crippen LogP contribution in [-0.4, -0.2) is 14.1 Å². The number of benzene rings is 2. The van der Waals surface area contributed by atoms with Gasteiger partial charge in [0.25, 0.3) is 5.56 Å². The molecule has 6 heteroatoms. The Morgan fingerprint density at radius 2 is 1.62 bits per heavy atom. The van der Waals surface area contributed by atoms with Crippen molar-refractivity contribution in [3.05, 3.63) is 87.2 Å². The molecule has 0 aliphatic carbocycles. The van der Waals surface area contributed by atoms with E-state index in [0.717, 1.165) is 26.9 Å². The lowest BCUT2D eigenvalue weighted by Gasteiger charge is -2.18. The van der Waals surface area contributed by atoms with E-state index < -0.39 is 5.69 Å². The van der Waals surface area contributed by atoms with Crippen molar-refractivity contribution >= 4 is 22.4 Å². The Labute approximate surface area is 168 Å². The Hall–Kier alpha value is -3.67. The normalized spacial score (nSPS) is 11.0. The maximum atomic E-state index is 13.0. The summed E-state index contributed by atoms with van der Waals surface area (Å²) < 4.78 is 2.53. The summed E-state index contributed by atoms with van der Waals surface area (Å²) in [6, 6.07) is 18.0. The Kier molecular flexibility index (Phi) is 4.76. The van der Waals surface area contributed by atoms with E-state index in [4.69, 9.17) is 0 Å². The molecule has 0 atom stereocenters. The Morgan fingerprint density at radius 3 is 2.34 bits per heavy atom. The number of para-hydroxylation sites is 1. The number of nitrogens with zero attached hydrogens (tertiary/aromatic N) is 3. The molecule has 0 aliphatic heterocycles. The van der Waals surface area contributed by atoms with Crippen molar-refractivity contribution < 1.29 is 0 Å². The summed E-state index contributed by atoms with van der Waals surface area (Å²) in [6.45, 7) is 2.02. The summed E-state index contributed by atoms with van der Waals surface area (Å²) in [5.41, 5.74) is 4.22. The second kappa shape index (κ2) is 7.39. The highest BCUT2D eigenvalue weighted by atomic mass is 16.2. The van der Waals surface area contributed by atoms with Crippen molar-refractivity contribution in [2.45, 2.75) is 13.3 Å². The van der Waals surface area contributed by atoms with E-state index in [1.165, 1.54) is 11.6 Å². The van der Waals surface area contributed by atoms with Gasteiger partial charge in [0.15, 0.2) is 5.65 Å². The van der Waals surface area contributed by atoms with Crippen molar-refractivity contribution in [3.8, 4) is 11.1 Å². The molecule has 6 nitrogen and oxygen atoms in total. The van der Waals surface area contributed by atoms with E-state index >= 15 is 0 Å². The summed E-state index contributed by atoms with van der Waals surface area (Å²) in [4.78, 5) is 29.7. The lowest BCUT2D eigenvalue weighted by Crippen LogP contribution is -2.37. The van der Waals surface area contributed by atoms with Gasteiger partial charge in [-0.1, -0.05) is 55.5 Å². The smallest absolute Gasteiger partial charge is 0.332 e. The molecule has 0 saturated heterocycles. The van der Waals surface area contributed by atoms with E-state index in [-0.39, 0.29) is 5.56 Å². The SMILES string of the molecule is CCc1cnc2c(c1Nc1ccccc1-c1ccccc1)c(=O)n(C)c(=O)n2C. The Bertz CT molecular complexity index is 1320. The van der Waals surface area contributed by atoms with E-state index in [2.05, 4.69) is 22.4 Å². The lowest BCUT2D eigenvalue weighted by molar-refractivity contribution is 0.707. The maximum Gasteiger partial charge on any atom is 0.332 e. The summed E-state index contributed by atoms with van der Waals surface area (Å²) in [5, 5.41) is 3.89. The van der Waals surface area contributed by atoms with Crippen LogP contribution in [0.2, 0.25) is 0 Å². The van der Waals surface area contributed by atoms with Crippen LogP contribution in [-0.2, 0) is 20.5 Å². The van der Waals surface area contributed by atoms with Crippen molar-refractivity contribution in [1.29, 1.82) is 0 Å². The first kappa shape index (κ1) is 18.7. The zero-order chi connectivity index (χ0) is 20.5. The quantitative estimate of drug-likeness (QED) is 0.582. The Morgan fingerprint density at radius 1 is 0.931 bits per heavy atom. The van der Waals surface area contributed by atoms with Gasteiger partial charge in [0.1, 0.15) is 5.39 Å². The van der Waals surface area contributed by atoms with Crippen LogP contribution in [0.5, 0.6) is 0 Å². The van der Waals surface area contributed by atoms with Gasteiger partial charge in [-0.3, -0.25) is 13.9 Å². The molecule has 0 spiro atoms. The largest absolute Gasteiger partial charge is 0.354 e. The van der Waals surface area contributed by atoms with Crippen molar-refractivity contribution in [3.63, 3.8) is 0 Å². The molecular weight excluding hydrogens is 364 g/mol. The number of aromatic nitrogens is 3. The molecule has 29 heavy (non-hydrogen) atoms. The number of rotatable bonds is 4. The van der Waals surface area contributed by atoms with Gasteiger partial charge in [0.2, 0.25) is 0 Å². The first-order valence-corrected chi connectivity index (χ1v) is 9.52. The number of hydrogen-bond donors (Lipinski definition) is 1. The van der Waals surface area contributed by atoms with Crippen LogP contribution in [0.3, 0.4) is 0 Å². The van der Waals surface area contributed by atoms with Gasteiger partial charge in [-0.2, -0.15) is 0 Å². The van der Waals surface area contributed by atoms with Gasteiger partial charge in [-0.15, -0.1) is 0 Å². The molecule has 0 aliphatic rings. The third kappa shape index (κ3) is 3.12. The van der Waals surface area contributed by atoms with Gasteiger partial charge in [0.05, 0.1) is 5.69 Å².